The monoisotopic (exact) mass is 320 g/mol. The Bertz CT molecular complexity index is 859. The van der Waals surface area contributed by atoms with Crippen molar-refractivity contribution in [1.29, 1.82) is 0 Å². The summed E-state index contributed by atoms with van der Waals surface area (Å²) in [5.74, 6) is 0.877. The summed E-state index contributed by atoms with van der Waals surface area (Å²) in [7, 11) is 1.69. The van der Waals surface area contributed by atoms with Crippen LogP contribution in [0.1, 0.15) is 16.8 Å². The zero-order chi connectivity index (χ0) is 16.4. The minimum absolute atomic E-state index is 0.595. The van der Waals surface area contributed by atoms with Crippen LogP contribution in [0.2, 0.25) is 0 Å². The van der Waals surface area contributed by atoms with Gasteiger partial charge in [0.05, 0.1) is 31.5 Å². The van der Waals surface area contributed by atoms with E-state index in [1.165, 1.54) is 22.2 Å². The van der Waals surface area contributed by atoms with Gasteiger partial charge < -0.3 is 14.8 Å². The summed E-state index contributed by atoms with van der Waals surface area (Å²) < 4.78 is 10.8. The molecule has 0 amide bonds. The average molecular weight is 320 g/mol. The molecule has 1 aliphatic rings. The van der Waals surface area contributed by atoms with Crippen LogP contribution in [0.4, 0.5) is 5.69 Å². The Morgan fingerprint density at radius 1 is 1.12 bits per heavy atom. The number of ether oxygens (including phenoxy) is 2. The number of anilines is 1. The summed E-state index contributed by atoms with van der Waals surface area (Å²) >= 11 is 0. The van der Waals surface area contributed by atoms with Crippen molar-refractivity contribution in [3.8, 4) is 5.75 Å². The number of benzene rings is 2. The van der Waals surface area contributed by atoms with Gasteiger partial charge in [-0.25, -0.2) is 4.98 Å². The lowest BCUT2D eigenvalue weighted by molar-refractivity contribution is 0.108. The van der Waals surface area contributed by atoms with Crippen LogP contribution in [0.15, 0.2) is 48.5 Å². The van der Waals surface area contributed by atoms with E-state index in [4.69, 9.17) is 14.5 Å². The summed E-state index contributed by atoms with van der Waals surface area (Å²) in [6, 6.07) is 16.4. The maximum absolute atomic E-state index is 5.58. The molecule has 2 heterocycles. The van der Waals surface area contributed by atoms with Gasteiger partial charge in [-0.3, -0.25) is 0 Å². The van der Waals surface area contributed by atoms with E-state index in [0.717, 1.165) is 36.5 Å². The highest BCUT2D eigenvalue weighted by Crippen LogP contribution is 2.31. The van der Waals surface area contributed by atoms with Crippen molar-refractivity contribution in [3.63, 3.8) is 0 Å². The van der Waals surface area contributed by atoms with Crippen molar-refractivity contribution in [1.82, 2.24) is 4.98 Å². The molecule has 24 heavy (non-hydrogen) atoms. The molecule has 0 fully saturated rings. The molecule has 4 nitrogen and oxygen atoms in total. The molecule has 0 unspecified atom stereocenters. The summed E-state index contributed by atoms with van der Waals surface area (Å²) in [5.41, 5.74) is 5.76. The summed E-state index contributed by atoms with van der Waals surface area (Å²) in [5, 5.41) is 4.81. The third kappa shape index (κ3) is 2.81. The van der Waals surface area contributed by atoms with Crippen LogP contribution in [0.25, 0.3) is 10.9 Å². The van der Waals surface area contributed by atoms with Gasteiger partial charge in [0.15, 0.2) is 0 Å². The van der Waals surface area contributed by atoms with Crippen molar-refractivity contribution in [2.45, 2.75) is 19.6 Å². The molecule has 0 spiro atoms. The summed E-state index contributed by atoms with van der Waals surface area (Å²) in [6.07, 6.45) is 0.901. The second-order valence-corrected chi connectivity index (χ2v) is 5.93. The van der Waals surface area contributed by atoms with Crippen molar-refractivity contribution in [2.24, 2.45) is 0 Å². The van der Waals surface area contributed by atoms with Gasteiger partial charge in [0.2, 0.25) is 0 Å². The Morgan fingerprint density at radius 2 is 1.96 bits per heavy atom. The molecule has 0 saturated carbocycles. The summed E-state index contributed by atoms with van der Waals surface area (Å²) in [6.45, 7) is 2.12. The Labute approximate surface area is 141 Å². The van der Waals surface area contributed by atoms with Crippen LogP contribution in [0, 0.1) is 0 Å². The van der Waals surface area contributed by atoms with Gasteiger partial charge in [-0.15, -0.1) is 0 Å². The molecule has 1 aromatic heterocycles. The second-order valence-electron chi connectivity index (χ2n) is 5.93. The zero-order valence-corrected chi connectivity index (χ0v) is 13.7. The molecule has 0 atom stereocenters. The number of pyridine rings is 1. The number of fused-ring (bicyclic) bond motifs is 2. The average Bonchev–Trinajstić information content (AvgIpc) is 2.65. The molecule has 2 aromatic carbocycles. The van der Waals surface area contributed by atoms with E-state index in [9.17, 15) is 0 Å². The number of para-hydroxylation sites is 1. The number of hydrogen-bond donors (Lipinski definition) is 1. The Kier molecular flexibility index (Phi) is 4.05. The Balaban J connectivity index is 1.69. The third-order valence-corrected chi connectivity index (χ3v) is 4.44. The van der Waals surface area contributed by atoms with Gasteiger partial charge >= 0.3 is 0 Å². The highest BCUT2D eigenvalue weighted by molar-refractivity contribution is 5.93. The second kappa shape index (κ2) is 6.49. The van der Waals surface area contributed by atoms with Crippen molar-refractivity contribution in [2.75, 3.05) is 19.0 Å². The standard InChI is InChI=1S/C20H20N2O2/c1-23-15-8-6-14(7-9-15)12-21-20-16-4-2-3-5-18(16)22-19-13-24-11-10-17(19)20/h2-9H,10-13H2,1H3,(H,21,22). The first-order chi connectivity index (χ1) is 11.8. The van der Waals surface area contributed by atoms with E-state index in [0.29, 0.717) is 6.61 Å². The largest absolute Gasteiger partial charge is 0.497 e. The number of hydrogen-bond acceptors (Lipinski definition) is 4. The number of aromatic nitrogens is 1. The lowest BCUT2D eigenvalue weighted by Crippen LogP contribution is -2.15. The zero-order valence-electron chi connectivity index (χ0n) is 13.7. The molecular weight excluding hydrogens is 300 g/mol. The molecule has 0 radical (unpaired) electrons. The van der Waals surface area contributed by atoms with Crippen molar-refractivity contribution >= 4 is 16.6 Å². The molecule has 0 saturated heterocycles. The maximum Gasteiger partial charge on any atom is 0.118 e. The quantitative estimate of drug-likeness (QED) is 0.791. The SMILES string of the molecule is COc1ccc(CNc2c3c(nc4ccccc24)COCC3)cc1. The molecule has 0 bridgehead atoms. The molecule has 1 N–H and O–H groups in total. The van der Waals surface area contributed by atoms with Crippen molar-refractivity contribution in [3.05, 3.63) is 65.4 Å². The van der Waals surface area contributed by atoms with E-state index >= 15 is 0 Å². The number of nitrogens with zero attached hydrogens (tertiary/aromatic N) is 1. The summed E-state index contributed by atoms with van der Waals surface area (Å²) in [4.78, 5) is 4.77. The fourth-order valence-corrected chi connectivity index (χ4v) is 3.17. The number of nitrogens with one attached hydrogen (secondary N) is 1. The molecule has 4 heteroatoms. The highest BCUT2D eigenvalue weighted by atomic mass is 16.5. The van der Waals surface area contributed by atoms with Gasteiger partial charge in [-0.2, -0.15) is 0 Å². The van der Waals surface area contributed by atoms with E-state index in [1.807, 2.05) is 18.2 Å². The Morgan fingerprint density at radius 3 is 2.79 bits per heavy atom. The number of methoxy groups -OCH3 is 1. The lowest BCUT2D eigenvalue weighted by atomic mass is 10.0. The van der Waals surface area contributed by atoms with Crippen LogP contribution in [-0.2, 0) is 24.3 Å². The molecule has 122 valence electrons. The van der Waals surface area contributed by atoms with E-state index in [1.54, 1.807) is 7.11 Å². The van der Waals surface area contributed by atoms with Gasteiger partial charge in [0, 0.05) is 23.2 Å². The first kappa shape index (κ1) is 15.0. The van der Waals surface area contributed by atoms with Crippen LogP contribution in [0.5, 0.6) is 5.75 Å². The van der Waals surface area contributed by atoms with Crippen molar-refractivity contribution < 1.29 is 9.47 Å². The molecule has 4 rings (SSSR count). The predicted octanol–water partition coefficient (Wildman–Crippen LogP) is 3.93. The fraction of sp³-hybridized carbons (Fsp3) is 0.250. The lowest BCUT2D eigenvalue weighted by Gasteiger charge is -2.22. The third-order valence-electron chi connectivity index (χ3n) is 4.44. The maximum atomic E-state index is 5.58. The first-order valence-corrected chi connectivity index (χ1v) is 8.20. The molecule has 0 aliphatic carbocycles. The predicted molar refractivity (Wildman–Crippen MR) is 95.4 cm³/mol. The number of rotatable bonds is 4. The minimum Gasteiger partial charge on any atom is -0.497 e. The highest BCUT2D eigenvalue weighted by Gasteiger charge is 2.18. The molecule has 1 aliphatic heterocycles. The molecular formula is C20H20N2O2. The van der Waals surface area contributed by atoms with Crippen LogP contribution < -0.4 is 10.1 Å². The van der Waals surface area contributed by atoms with Crippen LogP contribution in [0.3, 0.4) is 0 Å². The van der Waals surface area contributed by atoms with E-state index in [-0.39, 0.29) is 0 Å². The van der Waals surface area contributed by atoms with Gasteiger partial charge in [0.25, 0.3) is 0 Å². The smallest absolute Gasteiger partial charge is 0.118 e. The fourth-order valence-electron chi connectivity index (χ4n) is 3.17. The molecule has 3 aromatic rings. The van der Waals surface area contributed by atoms with Crippen LogP contribution >= 0.6 is 0 Å². The van der Waals surface area contributed by atoms with Crippen LogP contribution in [-0.4, -0.2) is 18.7 Å². The van der Waals surface area contributed by atoms with Gasteiger partial charge in [0.1, 0.15) is 5.75 Å². The van der Waals surface area contributed by atoms with Gasteiger partial charge in [-0.05, 0) is 30.2 Å². The van der Waals surface area contributed by atoms with Gasteiger partial charge in [-0.1, -0.05) is 30.3 Å². The first-order valence-electron chi connectivity index (χ1n) is 8.20. The van der Waals surface area contributed by atoms with E-state index < -0.39 is 0 Å². The normalized spacial score (nSPS) is 13.5. The Hall–Kier alpha value is -2.59. The minimum atomic E-state index is 0.595. The van der Waals surface area contributed by atoms with E-state index in [2.05, 4.69) is 35.6 Å². The topological polar surface area (TPSA) is 43.4 Å².